The molecule has 0 unspecified atom stereocenters. The summed E-state index contributed by atoms with van der Waals surface area (Å²) in [5.74, 6) is 1.46. The van der Waals surface area contributed by atoms with Crippen molar-refractivity contribution in [3.05, 3.63) is 64.1 Å². The topological polar surface area (TPSA) is 113 Å². The van der Waals surface area contributed by atoms with Gasteiger partial charge in [0.25, 0.3) is 5.69 Å². The Morgan fingerprint density at radius 1 is 1.22 bits per heavy atom. The van der Waals surface area contributed by atoms with Crippen LogP contribution in [0, 0.1) is 10.1 Å². The molecular weight excluding hydrogens is 348 g/mol. The first kappa shape index (κ1) is 18.9. The second-order valence-electron chi connectivity index (χ2n) is 6.67. The molecule has 3 rings (SSSR count). The van der Waals surface area contributed by atoms with E-state index in [1.807, 2.05) is 12.1 Å². The van der Waals surface area contributed by atoms with Gasteiger partial charge in [0.15, 0.2) is 5.96 Å². The van der Waals surface area contributed by atoms with Crippen LogP contribution in [-0.2, 0) is 13.1 Å². The average Bonchev–Trinajstić information content (AvgIpc) is 3.19. The summed E-state index contributed by atoms with van der Waals surface area (Å²) in [6.45, 7) is 0.912. The summed E-state index contributed by atoms with van der Waals surface area (Å²) in [6.07, 6.45) is 4.76. The van der Waals surface area contributed by atoms with Gasteiger partial charge in [-0.25, -0.2) is 4.99 Å². The molecule has 144 valence electrons. The molecule has 1 aliphatic rings. The summed E-state index contributed by atoms with van der Waals surface area (Å²) >= 11 is 0. The second kappa shape index (κ2) is 9.18. The molecule has 0 radical (unpaired) electrons. The minimum absolute atomic E-state index is 0.0674. The number of aliphatic hydroxyl groups excluding tert-OH is 1. The van der Waals surface area contributed by atoms with Crippen molar-refractivity contribution in [2.75, 3.05) is 0 Å². The Balaban J connectivity index is 1.63. The molecule has 1 heterocycles. The maximum Gasteiger partial charge on any atom is 0.269 e. The van der Waals surface area contributed by atoms with Gasteiger partial charge in [0.1, 0.15) is 5.76 Å². The number of hydrogen-bond donors (Lipinski definition) is 3. The Morgan fingerprint density at radius 2 is 1.96 bits per heavy atom. The zero-order valence-electron chi connectivity index (χ0n) is 15.0. The first-order chi connectivity index (χ1) is 13.1. The van der Waals surface area contributed by atoms with Crippen LogP contribution in [0.15, 0.2) is 52.1 Å². The third-order valence-electron chi connectivity index (χ3n) is 4.61. The van der Waals surface area contributed by atoms with Gasteiger partial charge in [-0.1, -0.05) is 12.1 Å². The highest BCUT2D eigenvalue weighted by Gasteiger charge is 2.20. The zero-order chi connectivity index (χ0) is 19.1. The number of nitrogens with zero attached hydrogens (tertiary/aromatic N) is 2. The molecule has 0 bridgehead atoms. The molecule has 8 heteroatoms. The monoisotopic (exact) mass is 372 g/mol. The van der Waals surface area contributed by atoms with E-state index in [0.717, 1.165) is 37.0 Å². The molecular formula is C19H24N4O4. The number of aliphatic hydroxyl groups is 1. The van der Waals surface area contributed by atoms with Crippen LogP contribution in [0.2, 0.25) is 0 Å². The molecule has 3 N–H and O–H groups in total. The van der Waals surface area contributed by atoms with E-state index in [-0.39, 0.29) is 17.8 Å². The SMILES string of the molecule is O=[N+]([O-])c1ccc(CN=C(NCc2ccco2)NC2CCC(O)CC2)cc1. The minimum atomic E-state index is -0.414. The van der Waals surface area contributed by atoms with Crippen LogP contribution in [0.5, 0.6) is 0 Å². The summed E-state index contributed by atoms with van der Waals surface area (Å²) in [7, 11) is 0. The lowest BCUT2D eigenvalue weighted by Crippen LogP contribution is -2.45. The highest BCUT2D eigenvalue weighted by Crippen LogP contribution is 2.18. The van der Waals surface area contributed by atoms with Gasteiger partial charge >= 0.3 is 0 Å². The Hall–Kier alpha value is -2.87. The van der Waals surface area contributed by atoms with E-state index in [1.54, 1.807) is 18.4 Å². The van der Waals surface area contributed by atoms with Crippen molar-refractivity contribution in [2.24, 2.45) is 4.99 Å². The van der Waals surface area contributed by atoms with Crippen molar-refractivity contribution in [3.8, 4) is 0 Å². The molecule has 0 amide bonds. The first-order valence-corrected chi connectivity index (χ1v) is 9.09. The Morgan fingerprint density at radius 3 is 2.59 bits per heavy atom. The van der Waals surface area contributed by atoms with Crippen molar-refractivity contribution in [1.82, 2.24) is 10.6 Å². The number of furan rings is 1. The standard InChI is InChI=1S/C19H24N4O4/c24-17-9-5-15(6-10-17)22-19(21-13-18-2-1-11-27-18)20-12-14-3-7-16(8-4-14)23(25)26/h1-4,7-8,11,15,17,24H,5-6,9-10,12-13H2,(H2,20,21,22). The van der Waals surface area contributed by atoms with Crippen molar-refractivity contribution >= 4 is 11.6 Å². The van der Waals surface area contributed by atoms with E-state index in [4.69, 9.17) is 4.42 Å². The third-order valence-corrected chi connectivity index (χ3v) is 4.61. The minimum Gasteiger partial charge on any atom is -0.467 e. The summed E-state index contributed by atoms with van der Waals surface area (Å²) < 4.78 is 5.34. The van der Waals surface area contributed by atoms with Gasteiger partial charge in [-0.3, -0.25) is 10.1 Å². The molecule has 8 nitrogen and oxygen atoms in total. The van der Waals surface area contributed by atoms with Gasteiger partial charge in [-0.05, 0) is 43.4 Å². The number of hydrogen-bond acceptors (Lipinski definition) is 5. The summed E-state index contributed by atoms with van der Waals surface area (Å²) in [5.41, 5.74) is 0.955. The van der Waals surface area contributed by atoms with E-state index in [9.17, 15) is 15.2 Å². The molecule has 2 aromatic rings. The van der Waals surface area contributed by atoms with Crippen molar-refractivity contribution in [2.45, 2.75) is 50.9 Å². The van der Waals surface area contributed by atoms with E-state index < -0.39 is 4.92 Å². The van der Waals surface area contributed by atoms with E-state index >= 15 is 0 Å². The molecule has 1 aromatic heterocycles. The van der Waals surface area contributed by atoms with Crippen LogP contribution < -0.4 is 10.6 Å². The maximum absolute atomic E-state index is 10.8. The largest absolute Gasteiger partial charge is 0.467 e. The van der Waals surface area contributed by atoms with Crippen molar-refractivity contribution in [1.29, 1.82) is 0 Å². The van der Waals surface area contributed by atoms with Gasteiger partial charge in [-0.2, -0.15) is 0 Å². The number of rotatable bonds is 6. The second-order valence-corrected chi connectivity index (χ2v) is 6.67. The number of nitro benzene ring substituents is 1. The van der Waals surface area contributed by atoms with Crippen LogP contribution in [0.1, 0.15) is 37.0 Å². The Bertz CT molecular complexity index is 751. The number of non-ortho nitro benzene ring substituents is 1. The van der Waals surface area contributed by atoms with Crippen molar-refractivity contribution < 1.29 is 14.4 Å². The molecule has 1 aliphatic carbocycles. The van der Waals surface area contributed by atoms with E-state index in [2.05, 4.69) is 15.6 Å². The number of aliphatic imine (C=N–C) groups is 1. The fourth-order valence-electron chi connectivity index (χ4n) is 3.04. The zero-order valence-corrected chi connectivity index (χ0v) is 15.0. The lowest BCUT2D eigenvalue weighted by molar-refractivity contribution is -0.384. The fraction of sp³-hybridized carbons (Fsp3) is 0.421. The smallest absolute Gasteiger partial charge is 0.269 e. The Labute approximate surface area is 157 Å². The summed E-state index contributed by atoms with van der Waals surface area (Å²) in [5, 5.41) is 27.1. The number of nitro groups is 1. The normalized spacial score (nSPS) is 20.3. The van der Waals surface area contributed by atoms with Crippen LogP contribution >= 0.6 is 0 Å². The van der Waals surface area contributed by atoms with Gasteiger partial charge in [0.05, 0.1) is 30.4 Å². The molecule has 1 aromatic carbocycles. The summed E-state index contributed by atoms with van der Waals surface area (Å²) in [6, 6.07) is 10.4. The van der Waals surface area contributed by atoms with Crippen LogP contribution in [-0.4, -0.2) is 28.1 Å². The highest BCUT2D eigenvalue weighted by molar-refractivity contribution is 5.80. The molecule has 27 heavy (non-hydrogen) atoms. The van der Waals surface area contributed by atoms with Gasteiger partial charge in [0.2, 0.25) is 0 Å². The lowest BCUT2D eigenvalue weighted by Gasteiger charge is -2.27. The molecule has 0 aliphatic heterocycles. The van der Waals surface area contributed by atoms with Gasteiger partial charge in [0, 0.05) is 18.2 Å². The van der Waals surface area contributed by atoms with Gasteiger partial charge < -0.3 is 20.2 Å². The number of benzene rings is 1. The molecule has 0 spiro atoms. The predicted octanol–water partition coefficient (Wildman–Crippen LogP) is 2.73. The van der Waals surface area contributed by atoms with E-state index in [1.165, 1.54) is 12.1 Å². The van der Waals surface area contributed by atoms with Crippen LogP contribution in [0.4, 0.5) is 5.69 Å². The molecule has 1 fully saturated rings. The van der Waals surface area contributed by atoms with Gasteiger partial charge in [-0.15, -0.1) is 0 Å². The van der Waals surface area contributed by atoms with Crippen LogP contribution in [0.3, 0.4) is 0 Å². The molecule has 0 atom stereocenters. The molecule has 1 saturated carbocycles. The number of guanidine groups is 1. The van der Waals surface area contributed by atoms with Crippen molar-refractivity contribution in [3.63, 3.8) is 0 Å². The highest BCUT2D eigenvalue weighted by atomic mass is 16.6. The quantitative estimate of drug-likeness (QED) is 0.311. The lowest BCUT2D eigenvalue weighted by atomic mass is 9.93. The van der Waals surface area contributed by atoms with Crippen LogP contribution in [0.25, 0.3) is 0 Å². The average molecular weight is 372 g/mol. The fourth-order valence-corrected chi connectivity index (χ4v) is 3.04. The summed E-state index contributed by atoms with van der Waals surface area (Å²) in [4.78, 5) is 14.9. The first-order valence-electron chi connectivity index (χ1n) is 9.09. The maximum atomic E-state index is 10.8. The third kappa shape index (κ3) is 5.82. The van der Waals surface area contributed by atoms with E-state index in [0.29, 0.717) is 19.0 Å². The Kier molecular flexibility index (Phi) is 6.43. The number of nitrogens with one attached hydrogen (secondary N) is 2. The molecule has 0 saturated heterocycles. The predicted molar refractivity (Wildman–Crippen MR) is 101 cm³/mol.